The first kappa shape index (κ1) is 29.0. The molecule has 2 rings (SSSR count). The van der Waals surface area contributed by atoms with E-state index in [0.717, 1.165) is 58.3 Å². The molecule has 2 atom stereocenters. The van der Waals surface area contributed by atoms with Crippen molar-refractivity contribution in [1.29, 1.82) is 0 Å². The predicted molar refractivity (Wildman–Crippen MR) is 140 cm³/mol. The number of hydrogen-bond donors (Lipinski definition) is 3. The first-order chi connectivity index (χ1) is 16.8. The SMILES string of the molecule is CCCCN(CCCC)C(=O)NCCN1CCC(NC(=O)c2cc(Cl)c(N)cc2OC)C(OC)C1. The highest BCUT2D eigenvalue weighted by atomic mass is 35.5. The molecule has 0 saturated carbocycles. The van der Waals surface area contributed by atoms with Gasteiger partial charge >= 0.3 is 6.03 Å². The maximum absolute atomic E-state index is 12.9. The molecule has 1 saturated heterocycles. The fourth-order valence-corrected chi connectivity index (χ4v) is 4.36. The van der Waals surface area contributed by atoms with Crippen LogP contribution in [0.25, 0.3) is 0 Å². The molecule has 35 heavy (non-hydrogen) atoms. The van der Waals surface area contributed by atoms with Crippen LogP contribution in [0.1, 0.15) is 56.3 Å². The van der Waals surface area contributed by atoms with Crippen molar-refractivity contribution < 1.29 is 19.1 Å². The summed E-state index contributed by atoms with van der Waals surface area (Å²) >= 11 is 6.12. The van der Waals surface area contributed by atoms with Gasteiger partial charge in [0.25, 0.3) is 5.91 Å². The van der Waals surface area contributed by atoms with E-state index in [9.17, 15) is 9.59 Å². The zero-order valence-corrected chi connectivity index (χ0v) is 22.3. The fraction of sp³-hybridized carbons (Fsp3) is 0.680. The number of nitrogens with two attached hydrogens (primary N) is 1. The maximum Gasteiger partial charge on any atom is 0.317 e. The second kappa shape index (κ2) is 15.0. The van der Waals surface area contributed by atoms with Crippen molar-refractivity contribution in [3.05, 3.63) is 22.7 Å². The molecule has 0 aliphatic carbocycles. The van der Waals surface area contributed by atoms with E-state index < -0.39 is 0 Å². The van der Waals surface area contributed by atoms with Gasteiger partial charge in [0.2, 0.25) is 0 Å². The minimum atomic E-state index is -0.282. The Kier molecular flexibility index (Phi) is 12.4. The molecule has 2 unspecified atom stereocenters. The number of hydrogen-bond acceptors (Lipinski definition) is 6. The van der Waals surface area contributed by atoms with E-state index in [1.54, 1.807) is 13.2 Å². The number of nitrogen functional groups attached to an aromatic ring is 1. The third-order valence-electron chi connectivity index (χ3n) is 6.38. The summed E-state index contributed by atoms with van der Waals surface area (Å²) in [4.78, 5) is 29.7. The highest BCUT2D eigenvalue weighted by Crippen LogP contribution is 2.29. The molecule has 0 aromatic heterocycles. The molecule has 1 aliphatic rings. The Bertz CT molecular complexity index is 817. The average Bonchev–Trinajstić information content (AvgIpc) is 2.86. The molecule has 4 N–H and O–H groups in total. The molecule has 0 bridgehead atoms. The number of urea groups is 1. The molecule has 1 fully saturated rings. The van der Waals surface area contributed by atoms with E-state index >= 15 is 0 Å². The third-order valence-corrected chi connectivity index (χ3v) is 6.71. The topological polar surface area (TPSA) is 109 Å². The molecule has 0 radical (unpaired) electrons. The van der Waals surface area contributed by atoms with Gasteiger partial charge in [-0.2, -0.15) is 0 Å². The first-order valence-electron chi connectivity index (χ1n) is 12.6. The minimum Gasteiger partial charge on any atom is -0.496 e. The van der Waals surface area contributed by atoms with Gasteiger partial charge in [-0.05, 0) is 25.3 Å². The van der Waals surface area contributed by atoms with Crippen LogP contribution in [0.3, 0.4) is 0 Å². The number of piperidine rings is 1. The van der Waals surface area contributed by atoms with E-state index in [-0.39, 0.29) is 24.1 Å². The van der Waals surface area contributed by atoms with Gasteiger partial charge in [0.15, 0.2) is 0 Å². The lowest BCUT2D eigenvalue weighted by Crippen LogP contribution is -2.56. The zero-order valence-electron chi connectivity index (χ0n) is 21.6. The van der Waals surface area contributed by atoms with Crippen molar-refractivity contribution in [2.75, 3.05) is 59.2 Å². The molecule has 3 amide bonds. The molecule has 1 aliphatic heterocycles. The number of benzene rings is 1. The summed E-state index contributed by atoms with van der Waals surface area (Å²) in [5.74, 6) is 0.0919. The Hall–Kier alpha value is -2.23. The van der Waals surface area contributed by atoms with Crippen LogP contribution in [0, 0.1) is 0 Å². The monoisotopic (exact) mass is 511 g/mol. The van der Waals surface area contributed by atoms with E-state index in [4.69, 9.17) is 26.8 Å². The molecule has 10 heteroatoms. The Labute approximate surface area is 214 Å². The molecular weight excluding hydrogens is 470 g/mol. The maximum atomic E-state index is 12.9. The lowest BCUT2D eigenvalue weighted by molar-refractivity contribution is 0.00688. The van der Waals surface area contributed by atoms with E-state index in [1.807, 2.05) is 4.90 Å². The number of nitrogens with zero attached hydrogens (tertiary/aromatic N) is 2. The van der Waals surface area contributed by atoms with Crippen LogP contribution in [0.2, 0.25) is 5.02 Å². The van der Waals surface area contributed by atoms with Crippen LogP contribution in [0.15, 0.2) is 12.1 Å². The van der Waals surface area contributed by atoms with Crippen molar-refractivity contribution in [2.24, 2.45) is 0 Å². The van der Waals surface area contributed by atoms with Gasteiger partial charge in [0, 0.05) is 52.4 Å². The van der Waals surface area contributed by atoms with Crippen LogP contribution < -0.4 is 21.1 Å². The van der Waals surface area contributed by atoms with Gasteiger partial charge in [-0.3, -0.25) is 9.69 Å². The number of amides is 3. The highest BCUT2D eigenvalue weighted by Gasteiger charge is 2.31. The van der Waals surface area contributed by atoms with Gasteiger partial charge in [-0.1, -0.05) is 38.3 Å². The molecule has 198 valence electrons. The van der Waals surface area contributed by atoms with E-state index in [0.29, 0.717) is 35.1 Å². The van der Waals surface area contributed by atoms with Gasteiger partial charge in [-0.25, -0.2) is 4.79 Å². The summed E-state index contributed by atoms with van der Waals surface area (Å²) in [6, 6.07) is 2.93. The van der Waals surface area contributed by atoms with Crippen molar-refractivity contribution in [3.63, 3.8) is 0 Å². The normalized spacial score (nSPS) is 18.2. The molecular formula is C25H42ClN5O4. The molecule has 1 heterocycles. The van der Waals surface area contributed by atoms with Crippen LogP contribution in [0.5, 0.6) is 5.75 Å². The molecule has 1 aromatic carbocycles. The van der Waals surface area contributed by atoms with Crippen LogP contribution in [-0.2, 0) is 4.74 Å². The largest absolute Gasteiger partial charge is 0.496 e. The average molecular weight is 512 g/mol. The summed E-state index contributed by atoms with van der Waals surface area (Å²) in [5.41, 5.74) is 6.52. The third kappa shape index (κ3) is 8.74. The summed E-state index contributed by atoms with van der Waals surface area (Å²) in [6.45, 7) is 8.60. The number of methoxy groups -OCH3 is 2. The lowest BCUT2D eigenvalue weighted by atomic mass is 10.0. The van der Waals surface area contributed by atoms with Crippen molar-refractivity contribution in [1.82, 2.24) is 20.4 Å². The molecule has 1 aromatic rings. The Morgan fingerprint density at radius 3 is 2.49 bits per heavy atom. The number of likely N-dealkylation sites (tertiary alicyclic amines) is 1. The van der Waals surface area contributed by atoms with Crippen molar-refractivity contribution >= 4 is 29.2 Å². The second-order valence-electron chi connectivity index (χ2n) is 8.94. The van der Waals surface area contributed by atoms with E-state index in [1.165, 1.54) is 13.2 Å². The lowest BCUT2D eigenvalue weighted by Gasteiger charge is -2.38. The molecule has 0 spiro atoms. The predicted octanol–water partition coefficient (Wildman–Crippen LogP) is 3.36. The Morgan fingerprint density at radius 2 is 1.89 bits per heavy atom. The number of unbranched alkanes of at least 4 members (excludes halogenated alkanes) is 2. The number of carbonyl (C=O) groups is 2. The summed E-state index contributed by atoms with van der Waals surface area (Å²) in [5, 5.41) is 6.43. The Morgan fingerprint density at radius 1 is 1.20 bits per heavy atom. The van der Waals surface area contributed by atoms with Crippen LogP contribution >= 0.6 is 11.6 Å². The highest BCUT2D eigenvalue weighted by molar-refractivity contribution is 6.33. The van der Waals surface area contributed by atoms with Gasteiger partial charge in [-0.15, -0.1) is 0 Å². The number of carbonyl (C=O) groups excluding carboxylic acids is 2. The van der Waals surface area contributed by atoms with Gasteiger partial charge in [0.05, 0.1) is 35.5 Å². The van der Waals surface area contributed by atoms with Crippen molar-refractivity contribution in [3.8, 4) is 5.75 Å². The number of rotatable bonds is 13. The Balaban J connectivity index is 1.87. The van der Waals surface area contributed by atoms with Crippen molar-refractivity contribution in [2.45, 2.75) is 58.1 Å². The second-order valence-corrected chi connectivity index (χ2v) is 9.35. The first-order valence-corrected chi connectivity index (χ1v) is 12.9. The summed E-state index contributed by atoms with van der Waals surface area (Å²) in [7, 11) is 3.14. The van der Waals surface area contributed by atoms with Gasteiger partial charge < -0.3 is 30.7 Å². The van der Waals surface area contributed by atoms with Gasteiger partial charge in [0.1, 0.15) is 5.75 Å². The van der Waals surface area contributed by atoms with E-state index in [2.05, 4.69) is 29.4 Å². The minimum absolute atomic E-state index is 0.00782. The van der Waals surface area contributed by atoms with Crippen LogP contribution in [0.4, 0.5) is 10.5 Å². The standard InChI is InChI=1S/C25H42ClN5O4/c1-5-7-11-31(12-8-6-2)25(33)28-10-14-30-13-9-21(23(17-30)35-4)29-24(32)18-15-19(26)20(27)16-22(18)34-3/h15-16,21,23H,5-14,17,27H2,1-4H3,(H,28,33)(H,29,32). The number of anilines is 1. The number of halogens is 1. The van der Waals surface area contributed by atoms with Crippen LogP contribution in [-0.4, -0.2) is 87.4 Å². The quantitative estimate of drug-likeness (QED) is 0.350. The summed E-state index contributed by atoms with van der Waals surface area (Å²) < 4.78 is 11.0. The smallest absolute Gasteiger partial charge is 0.317 e. The number of ether oxygens (including phenoxy) is 2. The number of nitrogens with one attached hydrogen (secondary N) is 2. The fourth-order valence-electron chi connectivity index (χ4n) is 4.19. The zero-order chi connectivity index (χ0) is 25.8. The summed E-state index contributed by atoms with van der Waals surface area (Å²) in [6.07, 6.45) is 4.71. The molecule has 9 nitrogen and oxygen atoms in total.